The maximum absolute atomic E-state index is 5.11. The molecule has 0 rings (SSSR count). The van der Waals surface area contributed by atoms with Crippen LogP contribution in [0.25, 0.3) is 0 Å². The molecule has 0 saturated heterocycles. The monoisotopic (exact) mass is 158 g/mol. The summed E-state index contributed by atoms with van der Waals surface area (Å²) in [6.45, 7) is 4.31. The topological polar surface area (TPSA) is 27.7 Å². The molecule has 0 aromatic carbocycles. The molecule has 0 saturated carbocycles. The smallest absolute Gasteiger partial charge is 0.180 e. The second-order valence-corrected chi connectivity index (χ2v) is 1.85. The fraction of sp³-hybridized carbons (Fsp3) is 0.625. The SMILES string of the molecule is C=C=CCOCC(OC)OC. The predicted octanol–water partition coefficient (Wildman–Crippen LogP) is 0.963. The van der Waals surface area contributed by atoms with Crippen LogP contribution in [-0.2, 0) is 14.2 Å². The van der Waals surface area contributed by atoms with Crippen molar-refractivity contribution in [3.8, 4) is 0 Å². The number of hydrogen-bond donors (Lipinski definition) is 0. The molecule has 0 bridgehead atoms. The van der Waals surface area contributed by atoms with Gasteiger partial charge in [-0.1, -0.05) is 6.58 Å². The molecule has 0 aromatic rings. The maximum atomic E-state index is 5.11. The molecule has 64 valence electrons. The first kappa shape index (κ1) is 10.4. The van der Waals surface area contributed by atoms with Crippen LogP contribution in [-0.4, -0.2) is 33.7 Å². The minimum Gasteiger partial charge on any atom is -0.371 e. The van der Waals surface area contributed by atoms with Crippen LogP contribution in [0, 0.1) is 0 Å². The quantitative estimate of drug-likeness (QED) is 0.327. The summed E-state index contributed by atoms with van der Waals surface area (Å²) in [6, 6.07) is 0. The summed E-state index contributed by atoms with van der Waals surface area (Å²) in [5.74, 6) is 0. The van der Waals surface area contributed by atoms with E-state index in [1.54, 1.807) is 20.3 Å². The number of rotatable bonds is 6. The lowest BCUT2D eigenvalue weighted by Gasteiger charge is -2.11. The largest absolute Gasteiger partial charge is 0.371 e. The highest BCUT2D eigenvalue weighted by atomic mass is 16.7. The molecule has 0 unspecified atom stereocenters. The molecule has 0 spiro atoms. The van der Waals surface area contributed by atoms with Gasteiger partial charge in [0.25, 0.3) is 0 Å². The fourth-order valence-corrected chi connectivity index (χ4v) is 0.514. The van der Waals surface area contributed by atoms with Crippen molar-refractivity contribution in [2.45, 2.75) is 6.29 Å². The molecule has 0 N–H and O–H groups in total. The summed E-state index contributed by atoms with van der Waals surface area (Å²) in [4.78, 5) is 0. The van der Waals surface area contributed by atoms with Gasteiger partial charge in [-0.2, -0.15) is 0 Å². The highest BCUT2D eigenvalue weighted by Crippen LogP contribution is 1.91. The van der Waals surface area contributed by atoms with Crippen molar-refractivity contribution in [3.05, 3.63) is 18.4 Å². The highest BCUT2D eigenvalue weighted by molar-refractivity contribution is 4.74. The first-order valence-corrected chi connectivity index (χ1v) is 3.32. The Hall–Kier alpha value is -0.600. The van der Waals surface area contributed by atoms with Crippen LogP contribution < -0.4 is 0 Å². The third kappa shape index (κ3) is 5.83. The first-order chi connectivity index (χ1) is 5.35. The second kappa shape index (κ2) is 7.51. The van der Waals surface area contributed by atoms with Gasteiger partial charge in [0.15, 0.2) is 6.29 Å². The minimum absolute atomic E-state index is 0.284. The van der Waals surface area contributed by atoms with E-state index in [1.807, 2.05) is 0 Å². The van der Waals surface area contributed by atoms with Gasteiger partial charge in [-0.3, -0.25) is 0 Å². The average molecular weight is 158 g/mol. The summed E-state index contributed by atoms with van der Waals surface area (Å²) in [7, 11) is 3.14. The lowest BCUT2D eigenvalue weighted by molar-refractivity contribution is -0.137. The van der Waals surface area contributed by atoms with Crippen LogP contribution in [0.4, 0.5) is 0 Å². The maximum Gasteiger partial charge on any atom is 0.180 e. The van der Waals surface area contributed by atoms with Crippen LogP contribution in [0.2, 0.25) is 0 Å². The van der Waals surface area contributed by atoms with Crippen molar-refractivity contribution in [2.75, 3.05) is 27.4 Å². The van der Waals surface area contributed by atoms with E-state index in [4.69, 9.17) is 14.2 Å². The molecular weight excluding hydrogens is 144 g/mol. The minimum atomic E-state index is -0.284. The Morgan fingerprint density at radius 2 is 2.09 bits per heavy atom. The molecule has 0 amide bonds. The predicted molar refractivity (Wildman–Crippen MR) is 42.3 cm³/mol. The van der Waals surface area contributed by atoms with E-state index in [9.17, 15) is 0 Å². The van der Waals surface area contributed by atoms with Crippen molar-refractivity contribution in [1.82, 2.24) is 0 Å². The summed E-state index contributed by atoms with van der Waals surface area (Å²) in [5, 5.41) is 0. The van der Waals surface area contributed by atoms with E-state index in [0.29, 0.717) is 13.2 Å². The highest BCUT2D eigenvalue weighted by Gasteiger charge is 2.02. The number of methoxy groups -OCH3 is 2. The number of hydrogen-bond acceptors (Lipinski definition) is 3. The third-order valence-corrected chi connectivity index (χ3v) is 1.13. The van der Waals surface area contributed by atoms with Crippen LogP contribution in [0.1, 0.15) is 0 Å². The van der Waals surface area contributed by atoms with Crippen molar-refractivity contribution < 1.29 is 14.2 Å². The Labute approximate surface area is 67.3 Å². The Morgan fingerprint density at radius 3 is 2.55 bits per heavy atom. The summed E-state index contributed by atoms with van der Waals surface area (Å²) < 4.78 is 14.9. The Bertz CT molecular complexity index is 123. The Kier molecular flexibility index (Phi) is 7.10. The van der Waals surface area contributed by atoms with E-state index in [0.717, 1.165) is 0 Å². The van der Waals surface area contributed by atoms with Gasteiger partial charge in [0, 0.05) is 14.2 Å². The molecule has 0 aromatic heterocycles. The summed E-state index contributed by atoms with van der Waals surface area (Å²) in [6.07, 6.45) is 1.41. The van der Waals surface area contributed by atoms with Gasteiger partial charge in [-0.25, -0.2) is 0 Å². The van der Waals surface area contributed by atoms with Crippen LogP contribution in [0.5, 0.6) is 0 Å². The molecule has 3 nitrogen and oxygen atoms in total. The normalized spacial score (nSPS) is 9.73. The van der Waals surface area contributed by atoms with E-state index >= 15 is 0 Å². The molecule has 0 heterocycles. The molecule has 0 atom stereocenters. The van der Waals surface area contributed by atoms with E-state index in [-0.39, 0.29) is 6.29 Å². The van der Waals surface area contributed by atoms with Gasteiger partial charge in [0.1, 0.15) is 0 Å². The van der Waals surface area contributed by atoms with Gasteiger partial charge in [0.2, 0.25) is 0 Å². The van der Waals surface area contributed by atoms with Crippen LogP contribution >= 0.6 is 0 Å². The van der Waals surface area contributed by atoms with E-state index in [1.165, 1.54) is 0 Å². The lowest BCUT2D eigenvalue weighted by Crippen LogP contribution is -2.20. The van der Waals surface area contributed by atoms with Crippen molar-refractivity contribution >= 4 is 0 Å². The fourth-order valence-electron chi connectivity index (χ4n) is 0.514. The molecule has 3 heteroatoms. The molecule has 0 aliphatic heterocycles. The summed E-state index contributed by atoms with van der Waals surface area (Å²) >= 11 is 0. The second-order valence-electron chi connectivity index (χ2n) is 1.85. The first-order valence-electron chi connectivity index (χ1n) is 3.32. The van der Waals surface area contributed by atoms with Gasteiger partial charge in [0.05, 0.1) is 13.2 Å². The zero-order valence-corrected chi connectivity index (χ0v) is 7.00. The van der Waals surface area contributed by atoms with Crippen LogP contribution in [0.15, 0.2) is 18.4 Å². The third-order valence-electron chi connectivity index (χ3n) is 1.13. The zero-order chi connectivity index (χ0) is 8.53. The van der Waals surface area contributed by atoms with Gasteiger partial charge < -0.3 is 14.2 Å². The lowest BCUT2D eigenvalue weighted by atomic mass is 10.6. The average Bonchev–Trinajstić information content (AvgIpc) is 2.05. The summed E-state index contributed by atoms with van der Waals surface area (Å²) in [5.41, 5.74) is 2.60. The van der Waals surface area contributed by atoms with Crippen molar-refractivity contribution in [3.63, 3.8) is 0 Å². The van der Waals surface area contributed by atoms with Crippen LogP contribution in [0.3, 0.4) is 0 Å². The van der Waals surface area contributed by atoms with Gasteiger partial charge in [-0.05, 0) is 6.08 Å². The molecule has 0 aliphatic rings. The zero-order valence-electron chi connectivity index (χ0n) is 7.00. The standard InChI is InChI=1S/C8H14O3/c1-4-5-6-11-7-8(9-2)10-3/h5,8H,1,6-7H2,2-3H3. The van der Waals surface area contributed by atoms with Gasteiger partial charge in [-0.15, -0.1) is 5.73 Å². The molecule has 0 aliphatic carbocycles. The molecule has 0 radical (unpaired) electrons. The van der Waals surface area contributed by atoms with E-state index < -0.39 is 0 Å². The molecule has 11 heavy (non-hydrogen) atoms. The Balaban J connectivity index is 3.27. The van der Waals surface area contributed by atoms with E-state index in [2.05, 4.69) is 12.3 Å². The molecular formula is C8H14O3. The van der Waals surface area contributed by atoms with Gasteiger partial charge >= 0.3 is 0 Å². The van der Waals surface area contributed by atoms with Crippen molar-refractivity contribution in [2.24, 2.45) is 0 Å². The number of ether oxygens (including phenoxy) is 3. The van der Waals surface area contributed by atoms with Crippen molar-refractivity contribution in [1.29, 1.82) is 0 Å². The Morgan fingerprint density at radius 1 is 1.45 bits per heavy atom. The molecule has 0 fully saturated rings.